The van der Waals surface area contributed by atoms with Gasteiger partial charge in [-0.3, -0.25) is 10.1 Å². The molecule has 0 radical (unpaired) electrons. The molecule has 0 aliphatic heterocycles. The molecule has 1 fully saturated rings. The van der Waals surface area contributed by atoms with Gasteiger partial charge in [0, 0.05) is 17.4 Å². The zero-order valence-corrected chi connectivity index (χ0v) is 10.6. The fraction of sp³-hybridized carbons (Fsp3) is 0.500. The Hall–Kier alpha value is -1.07. The molecule has 2 atom stereocenters. The third-order valence-electron chi connectivity index (χ3n) is 3.16. The highest BCUT2D eigenvalue weighted by Crippen LogP contribution is 2.38. The minimum absolute atomic E-state index is 0.222. The number of thioether (sulfide) groups is 1. The van der Waals surface area contributed by atoms with Crippen LogP contribution in [0.2, 0.25) is 0 Å². The van der Waals surface area contributed by atoms with E-state index in [-0.39, 0.29) is 10.6 Å². The molecule has 1 aromatic rings. The predicted octanol–water partition coefficient (Wildman–Crippen LogP) is 2.83. The van der Waals surface area contributed by atoms with E-state index in [1.54, 1.807) is 23.9 Å². The van der Waals surface area contributed by atoms with Crippen LogP contribution in [0.5, 0.6) is 0 Å². The fourth-order valence-corrected chi connectivity index (χ4v) is 3.74. The first-order valence-electron chi connectivity index (χ1n) is 5.79. The van der Waals surface area contributed by atoms with Crippen molar-refractivity contribution in [2.45, 2.75) is 35.4 Å². The Balaban J connectivity index is 2.15. The number of nitrogens with zero attached hydrogens (tertiary/aromatic N) is 1. The zero-order chi connectivity index (χ0) is 12.3. The number of benzene rings is 1. The lowest BCUT2D eigenvalue weighted by Crippen LogP contribution is -2.30. The van der Waals surface area contributed by atoms with E-state index in [0.717, 1.165) is 17.7 Å². The second kappa shape index (κ2) is 5.51. The van der Waals surface area contributed by atoms with Gasteiger partial charge in [-0.25, -0.2) is 0 Å². The standard InChI is InChI=1S/C12H16N2O2S/c1-13-9-5-4-8-11(9)17-12-7-3-2-6-10(12)14(15)16/h2-3,6-7,9,11,13H,4-5,8H2,1H3. The molecule has 1 aliphatic rings. The van der Waals surface area contributed by atoms with Gasteiger partial charge < -0.3 is 5.32 Å². The number of nitro benzene ring substituents is 1. The Morgan fingerprint density at radius 3 is 2.88 bits per heavy atom. The molecule has 2 unspecified atom stereocenters. The number of rotatable bonds is 4. The van der Waals surface area contributed by atoms with E-state index in [1.807, 2.05) is 19.2 Å². The third-order valence-corrected chi connectivity index (χ3v) is 4.63. The Labute approximate surface area is 105 Å². The van der Waals surface area contributed by atoms with Crippen LogP contribution in [0.3, 0.4) is 0 Å². The summed E-state index contributed by atoms with van der Waals surface area (Å²) in [5.74, 6) is 0. The van der Waals surface area contributed by atoms with E-state index in [1.165, 1.54) is 6.42 Å². The summed E-state index contributed by atoms with van der Waals surface area (Å²) in [7, 11) is 1.96. The van der Waals surface area contributed by atoms with Crippen LogP contribution in [0.1, 0.15) is 19.3 Å². The number of para-hydroxylation sites is 1. The molecule has 0 amide bonds. The van der Waals surface area contributed by atoms with Gasteiger partial charge >= 0.3 is 0 Å². The average molecular weight is 252 g/mol. The molecule has 1 saturated carbocycles. The van der Waals surface area contributed by atoms with Gasteiger partial charge in [0.1, 0.15) is 0 Å². The largest absolute Gasteiger partial charge is 0.316 e. The van der Waals surface area contributed by atoms with Crippen molar-refractivity contribution in [3.63, 3.8) is 0 Å². The van der Waals surface area contributed by atoms with Gasteiger partial charge in [0.2, 0.25) is 0 Å². The maximum absolute atomic E-state index is 10.9. The van der Waals surface area contributed by atoms with Gasteiger partial charge in [-0.1, -0.05) is 18.6 Å². The Morgan fingerprint density at radius 1 is 1.41 bits per heavy atom. The molecular formula is C12H16N2O2S. The van der Waals surface area contributed by atoms with Crippen LogP contribution in [0, 0.1) is 10.1 Å². The maximum Gasteiger partial charge on any atom is 0.282 e. The first-order valence-corrected chi connectivity index (χ1v) is 6.67. The van der Waals surface area contributed by atoms with Crippen molar-refractivity contribution >= 4 is 17.4 Å². The molecule has 0 bridgehead atoms. The molecule has 4 nitrogen and oxygen atoms in total. The molecule has 92 valence electrons. The van der Waals surface area contributed by atoms with Crippen molar-refractivity contribution in [3.8, 4) is 0 Å². The number of nitro groups is 1. The summed E-state index contributed by atoms with van der Waals surface area (Å²) in [4.78, 5) is 11.4. The molecule has 17 heavy (non-hydrogen) atoms. The van der Waals surface area contributed by atoms with Crippen molar-refractivity contribution in [1.82, 2.24) is 5.32 Å². The van der Waals surface area contributed by atoms with Crippen molar-refractivity contribution in [2.24, 2.45) is 0 Å². The molecule has 1 aromatic carbocycles. The van der Waals surface area contributed by atoms with Gasteiger partial charge in [-0.15, -0.1) is 11.8 Å². The van der Waals surface area contributed by atoms with Crippen LogP contribution < -0.4 is 5.32 Å². The van der Waals surface area contributed by atoms with Crippen LogP contribution >= 0.6 is 11.8 Å². The molecular weight excluding hydrogens is 236 g/mol. The molecule has 0 aromatic heterocycles. The summed E-state index contributed by atoms with van der Waals surface area (Å²) < 4.78 is 0. The number of hydrogen-bond donors (Lipinski definition) is 1. The highest BCUT2D eigenvalue weighted by atomic mass is 32.2. The maximum atomic E-state index is 10.9. The fourth-order valence-electron chi connectivity index (χ4n) is 2.27. The Bertz CT molecular complexity index is 411. The normalized spacial score (nSPS) is 23.8. The summed E-state index contributed by atoms with van der Waals surface area (Å²) in [6.45, 7) is 0. The monoisotopic (exact) mass is 252 g/mol. The van der Waals surface area contributed by atoms with Crippen molar-refractivity contribution < 1.29 is 4.92 Å². The minimum Gasteiger partial charge on any atom is -0.316 e. The first-order chi connectivity index (χ1) is 8.22. The summed E-state index contributed by atoms with van der Waals surface area (Å²) in [6, 6.07) is 7.46. The van der Waals surface area contributed by atoms with E-state index in [0.29, 0.717) is 11.3 Å². The zero-order valence-electron chi connectivity index (χ0n) is 9.76. The summed E-state index contributed by atoms with van der Waals surface area (Å²) >= 11 is 1.63. The van der Waals surface area contributed by atoms with Crippen molar-refractivity contribution in [3.05, 3.63) is 34.4 Å². The van der Waals surface area contributed by atoms with Gasteiger partial charge in [-0.2, -0.15) is 0 Å². The van der Waals surface area contributed by atoms with Crippen LogP contribution in [-0.4, -0.2) is 23.3 Å². The molecule has 1 aliphatic carbocycles. The van der Waals surface area contributed by atoms with Crippen LogP contribution in [0.25, 0.3) is 0 Å². The lowest BCUT2D eigenvalue weighted by atomic mass is 10.2. The van der Waals surface area contributed by atoms with E-state index < -0.39 is 0 Å². The van der Waals surface area contributed by atoms with Crippen molar-refractivity contribution in [1.29, 1.82) is 0 Å². The smallest absolute Gasteiger partial charge is 0.282 e. The van der Waals surface area contributed by atoms with Gasteiger partial charge in [0.25, 0.3) is 5.69 Å². The third kappa shape index (κ3) is 2.79. The Kier molecular flexibility index (Phi) is 4.02. The topological polar surface area (TPSA) is 55.2 Å². The molecule has 5 heteroatoms. The highest BCUT2D eigenvalue weighted by Gasteiger charge is 2.28. The molecule has 0 saturated heterocycles. The Morgan fingerprint density at radius 2 is 2.18 bits per heavy atom. The van der Waals surface area contributed by atoms with Gasteiger partial charge in [-0.05, 0) is 26.0 Å². The number of nitrogens with one attached hydrogen (secondary N) is 1. The lowest BCUT2D eigenvalue weighted by Gasteiger charge is -2.18. The summed E-state index contributed by atoms with van der Waals surface area (Å²) in [5.41, 5.74) is 0.222. The van der Waals surface area contributed by atoms with Gasteiger partial charge in [0.05, 0.1) is 9.82 Å². The minimum atomic E-state index is -0.300. The van der Waals surface area contributed by atoms with Crippen LogP contribution in [-0.2, 0) is 0 Å². The second-order valence-corrected chi connectivity index (χ2v) is 5.49. The first kappa shape index (κ1) is 12.4. The second-order valence-electron chi connectivity index (χ2n) is 4.21. The van der Waals surface area contributed by atoms with E-state index in [2.05, 4.69) is 5.32 Å². The van der Waals surface area contributed by atoms with Gasteiger partial charge in [0.15, 0.2) is 0 Å². The highest BCUT2D eigenvalue weighted by molar-refractivity contribution is 8.00. The molecule has 0 spiro atoms. The van der Waals surface area contributed by atoms with E-state index in [4.69, 9.17) is 0 Å². The molecule has 1 N–H and O–H groups in total. The van der Waals surface area contributed by atoms with Crippen LogP contribution in [0.15, 0.2) is 29.2 Å². The summed E-state index contributed by atoms with van der Waals surface area (Å²) in [5, 5.41) is 14.7. The molecule has 2 rings (SSSR count). The van der Waals surface area contributed by atoms with E-state index >= 15 is 0 Å². The molecule has 0 heterocycles. The average Bonchev–Trinajstić information content (AvgIpc) is 2.77. The summed E-state index contributed by atoms with van der Waals surface area (Å²) in [6.07, 6.45) is 3.49. The SMILES string of the molecule is CNC1CCCC1Sc1ccccc1[N+](=O)[O-]. The van der Waals surface area contributed by atoms with Crippen molar-refractivity contribution in [2.75, 3.05) is 7.05 Å². The van der Waals surface area contributed by atoms with E-state index in [9.17, 15) is 10.1 Å². The lowest BCUT2D eigenvalue weighted by molar-refractivity contribution is -0.387. The number of hydrogen-bond acceptors (Lipinski definition) is 4. The predicted molar refractivity (Wildman–Crippen MR) is 69.4 cm³/mol. The quantitative estimate of drug-likeness (QED) is 0.661. The van der Waals surface area contributed by atoms with Crippen LogP contribution in [0.4, 0.5) is 5.69 Å².